The summed E-state index contributed by atoms with van der Waals surface area (Å²) < 4.78 is 25.5. The van der Waals surface area contributed by atoms with Crippen LogP contribution in [0.1, 0.15) is 32.1 Å². The Morgan fingerprint density at radius 2 is 2.00 bits per heavy atom. The summed E-state index contributed by atoms with van der Waals surface area (Å²) in [5, 5.41) is 8.44. The molecule has 0 radical (unpaired) electrons. The van der Waals surface area contributed by atoms with E-state index in [2.05, 4.69) is 4.72 Å². The Hall–Kier alpha value is -0.620. The summed E-state index contributed by atoms with van der Waals surface area (Å²) in [5.74, 6) is -0.337. The van der Waals surface area contributed by atoms with Crippen molar-refractivity contribution in [1.29, 1.82) is 0 Å². The van der Waals surface area contributed by atoms with Crippen LogP contribution in [-0.4, -0.2) is 31.8 Å². The SMILES string of the molecule is O=C(O)CNS(=O)(=O)CC12CCC(CC1)C2. The minimum Gasteiger partial charge on any atom is -0.480 e. The second-order valence-electron chi connectivity index (χ2n) is 5.12. The zero-order chi connectivity index (χ0) is 11.8. The predicted octanol–water partition coefficient (Wildman–Crippen LogP) is 0.571. The Morgan fingerprint density at radius 1 is 1.38 bits per heavy atom. The van der Waals surface area contributed by atoms with Gasteiger partial charge in [0, 0.05) is 0 Å². The van der Waals surface area contributed by atoms with E-state index in [0.717, 1.165) is 32.1 Å². The molecule has 0 unspecified atom stereocenters. The van der Waals surface area contributed by atoms with E-state index < -0.39 is 22.5 Å². The molecule has 6 heteroatoms. The van der Waals surface area contributed by atoms with Gasteiger partial charge >= 0.3 is 5.97 Å². The predicted molar refractivity (Wildman–Crippen MR) is 58.4 cm³/mol. The highest BCUT2D eigenvalue weighted by atomic mass is 32.2. The molecule has 2 saturated carbocycles. The van der Waals surface area contributed by atoms with E-state index in [0.29, 0.717) is 5.92 Å². The number of rotatable bonds is 5. The Labute approximate surface area is 95.3 Å². The first kappa shape index (κ1) is 11.9. The van der Waals surface area contributed by atoms with E-state index in [-0.39, 0.29) is 11.2 Å². The molecule has 5 nitrogen and oxygen atoms in total. The van der Waals surface area contributed by atoms with Gasteiger partial charge in [-0.2, -0.15) is 0 Å². The van der Waals surface area contributed by atoms with Crippen molar-refractivity contribution in [3.8, 4) is 0 Å². The number of hydrogen-bond acceptors (Lipinski definition) is 3. The van der Waals surface area contributed by atoms with Gasteiger partial charge in [-0.05, 0) is 43.4 Å². The van der Waals surface area contributed by atoms with Gasteiger partial charge in [0.05, 0.1) is 5.75 Å². The lowest BCUT2D eigenvalue weighted by atomic mass is 9.87. The smallest absolute Gasteiger partial charge is 0.318 e. The van der Waals surface area contributed by atoms with Crippen LogP contribution in [-0.2, 0) is 14.8 Å². The van der Waals surface area contributed by atoms with E-state index in [4.69, 9.17) is 5.11 Å². The molecule has 0 amide bonds. The average Bonchev–Trinajstić information content (AvgIpc) is 2.73. The fourth-order valence-electron chi connectivity index (χ4n) is 3.14. The molecule has 2 fully saturated rings. The molecule has 2 aliphatic rings. The van der Waals surface area contributed by atoms with Gasteiger partial charge in [0.2, 0.25) is 10.0 Å². The number of nitrogens with one attached hydrogen (secondary N) is 1. The summed E-state index contributed by atoms with van der Waals surface area (Å²) >= 11 is 0. The molecule has 0 heterocycles. The largest absolute Gasteiger partial charge is 0.480 e. The van der Waals surface area contributed by atoms with Crippen molar-refractivity contribution in [1.82, 2.24) is 4.72 Å². The number of carbonyl (C=O) groups is 1. The van der Waals surface area contributed by atoms with Crippen LogP contribution in [0.25, 0.3) is 0 Å². The molecule has 16 heavy (non-hydrogen) atoms. The highest BCUT2D eigenvalue weighted by molar-refractivity contribution is 7.89. The highest BCUT2D eigenvalue weighted by Gasteiger charge is 2.47. The van der Waals surface area contributed by atoms with Crippen molar-refractivity contribution in [2.45, 2.75) is 32.1 Å². The van der Waals surface area contributed by atoms with Crippen molar-refractivity contribution < 1.29 is 18.3 Å². The summed E-state index contributed by atoms with van der Waals surface area (Å²) in [6.07, 6.45) is 5.22. The number of carboxylic acids is 1. The van der Waals surface area contributed by atoms with Crippen molar-refractivity contribution in [2.24, 2.45) is 11.3 Å². The van der Waals surface area contributed by atoms with Crippen molar-refractivity contribution >= 4 is 16.0 Å². The average molecular weight is 247 g/mol. The summed E-state index contributed by atoms with van der Waals surface area (Å²) in [6.45, 7) is -0.512. The molecule has 0 aromatic rings. The Balaban J connectivity index is 1.95. The van der Waals surface area contributed by atoms with Crippen LogP contribution in [0.4, 0.5) is 0 Å². The molecule has 2 aliphatic carbocycles. The molecule has 0 aromatic heterocycles. The Bertz CT molecular complexity index is 382. The monoisotopic (exact) mass is 247 g/mol. The van der Waals surface area contributed by atoms with Gasteiger partial charge in [0.25, 0.3) is 0 Å². The molecule has 0 aliphatic heterocycles. The van der Waals surface area contributed by atoms with Crippen LogP contribution in [0.2, 0.25) is 0 Å². The van der Waals surface area contributed by atoms with Gasteiger partial charge in [-0.1, -0.05) is 0 Å². The van der Waals surface area contributed by atoms with Crippen LogP contribution in [0, 0.1) is 11.3 Å². The zero-order valence-corrected chi connectivity index (χ0v) is 9.92. The first-order valence-corrected chi connectivity index (χ1v) is 7.25. The highest BCUT2D eigenvalue weighted by Crippen LogP contribution is 2.54. The number of fused-ring (bicyclic) bond motifs is 2. The van der Waals surface area contributed by atoms with Gasteiger partial charge in [-0.25, -0.2) is 13.1 Å². The lowest BCUT2D eigenvalue weighted by Crippen LogP contribution is -2.37. The minimum absolute atomic E-state index is 0.0605. The normalized spacial score (nSPS) is 33.1. The molecular formula is C10H17NO4S. The first-order valence-electron chi connectivity index (χ1n) is 5.60. The molecular weight excluding hydrogens is 230 g/mol. The van der Waals surface area contributed by atoms with Crippen LogP contribution in [0.3, 0.4) is 0 Å². The lowest BCUT2D eigenvalue weighted by molar-refractivity contribution is -0.135. The number of hydrogen-bond donors (Lipinski definition) is 2. The van der Waals surface area contributed by atoms with Gasteiger partial charge in [0.1, 0.15) is 6.54 Å². The molecule has 2 rings (SSSR count). The maximum atomic E-state index is 11.7. The second-order valence-corrected chi connectivity index (χ2v) is 6.93. The van der Waals surface area contributed by atoms with E-state index in [1.807, 2.05) is 0 Å². The summed E-state index contributed by atoms with van der Waals surface area (Å²) in [4.78, 5) is 10.3. The fourth-order valence-corrected chi connectivity index (χ4v) is 4.80. The minimum atomic E-state index is -3.43. The molecule has 92 valence electrons. The van der Waals surface area contributed by atoms with Gasteiger partial charge in [-0.3, -0.25) is 4.79 Å². The molecule has 0 saturated heterocycles. The Kier molecular flexibility index (Phi) is 2.96. The van der Waals surface area contributed by atoms with Crippen LogP contribution in [0.5, 0.6) is 0 Å². The zero-order valence-electron chi connectivity index (χ0n) is 9.11. The molecule has 2 bridgehead atoms. The van der Waals surface area contributed by atoms with Gasteiger partial charge < -0.3 is 5.11 Å². The van der Waals surface area contributed by atoms with Crippen LogP contribution < -0.4 is 4.72 Å². The van der Waals surface area contributed by atoms with E-state index in [1.54, 1.807) is 0 Å². The summed E-state index contributed by atoms with van der Waals surface area (Å²) in [6, 6.07) is 0. The first-order chi connectivity index (χ1) is 7.41. The summed E-state index contributed by atoms with van der Waals surface area (Å²) in [7, 11) is -3.43. The molecule has 0 spiro atoms. The third kappa shape index (κ3) is 2.55. The maximum Gasteiger partial charge on any atom is 0.318 e. The van der Waals surface area contributed by atoms with E-state index in [1.165, 1.54) is 0 Å². The van der Waals surface area contributed by atoms with Gasteiger partial charge in [-0.15, -0.1) is 0 Å². The molecule has 2 N–H and O–H groups in total. The Morgan fingerprint density at radius 3 is 2.44 bits per heavy atom. The molecule has 0 aromatic carbocycles. The van der Waals surface area contributed by atoms with Crippen molar-refractivity contribution in [2.75, 3.05) is 12.3 Å². The lowest BCUT2D eigenvalue weighted by Gasteiger charge is -2.25. The third-order valence-electron chi connectivity index (χ3n) is 3.83. The van der Waals surface area contributed by atoms with Gasteiger partial charge in [0.15, 0.2) is 0 Å². The number of carboxylic acid groups (broad SMARTS) is 1. The number of sulfonamides is 1. The standard InChI is InChI=1S/C10H17NO4S/c12-9(13)6-11-16(14,15)7-10-3-1-8(5-10)2-4-10/h8,11H,1-7H2,(H,12,13). The maximum absolute atomic E-state index is 11.7. The summed E-state index contributed by atoms with van der Waals surface area (Å²) in [5.41, 5.74) is -0.0605. The quantitative estimate of drug-likeness (QED) is 0.744. The van der Waals surface area contributed by atoms with Crippen LogP contribution >= 0.6 is 0 Å². The van der Waals surface area contributed by atoms with Crippen LogP contribution in [0.15, 0.2) is 0 Å². The molecule has 0 atom stereocenters. The van der Waals surface area contributed by atoms with E-state index >= 15 is 0 Å². The van der Waals surface area contributed by atoms with Crippen molar-refractivity contribution in [3.63, 3.8) is 0 Å². The number of aliphatic carboxylic acids is 1. The van der Waals surface area contributed by atoms with E-state index in [9.17, 15) is 13.2 Å². The third-order valence-corrected chi connectivity index (χ3v) is 5.40. The second kappa shape index (κ2) is 4.00. The van der Waals surface area contributed by atoms with Crippen molar-refractivity contribution in [3.05, 3.63) is 0 Å². The topological polar surface area (TPSA) is 83.5 Å². The fraction of sp³-hybridized carbons (Fsp3) is 0.900.